The first-order chi connectivity index (χ1) is 20.4. The van der Waals surface area contributed by atoms with Gasteiger partial charge in [0.1, 0.15) is 23.8 Å². The average Bonchev–Trinajstić information content (AvgIpc) is 3.41. The van der Waals surface area contributed by atoms with Crippen LogP contribution in [0.2, 0.25) is 0 Å². The van der Waals surface area contributed by atoms with Gasteiger partial charge in [0, 0.05) is 36.0 Å². The summed E-state index contributed by atoms with van der Waals surface area (Å²) in [6.07, 6.45) is 5.25. The lowest BCUT2D eigenvalue weighted by Crippen LogP contribution is -2.48. The SMILES string of the molecule is CC(C)(C)OC(=O)CN([C@H]1CCN(c2ccc3c(c2)CCCN(C(=O)OC(C)(C)C)C3)C1=O)S(=O)(=O)/C=C/C1CC=C(Cl)S1. The average molecular weight is 668 g/mol. The van der Waals surface area contributed by atoms with Crippen molar-refractivity contribution in [3.05, 3.63) is 51.3 Å². The van der Waals surface area contributed by atoms with Crippen LogP contribution in [0.3, 0.4) is 0 Å². The largest absolute Gasteiger partial charge is 0.459 e. The minimum absolute atomic E-state index is 0.151. The van der Waals surface area contributed by atoms with Crippen molar-refractivity contribution in [3.63, 3.8) is 0 Å². The fourth-order valence-electron chi connectivity index (χ4n) is 5.29. The number of benzene rings is 1. The molecule has 3 aliphatic rings. The van der Waals surface area contributed by atoms with Gasteiger partial charge in [-0.25, -0.2) is 13.2 Å². The van der Waals surface area contributed by atoms with Crippen molar-refractivity contribution in [2.24, 2.45) is 0 Å². The molecule has 10 nitrogen and oxygen atoms in total. The van der Waals surface area contributed by atoms with Crippen LogP contribution < -0.4 is 4.90 Å². The van der Waals surface area contributed by atoms with Gasteiger partial charge < -0.3 is 19.3 Å². The van der Waals surface area contributed by atoms with Crippen LogP contribution in [0.5, 0.6) is 0 Å². The molecule has 0 aliphatic carbocycles. The zero-order valence-electron chi connectivity index (χ0n) is 26.2. The lowest BCUT2D eigenvalue weighted by atomic mass is 10.0. The van der Waals surface area contributed by atoms with Crippen LogP contribution in [0.1, 0.15) is 71.9 Å². The summed E-state index contributed by atoms with van der Waals surface area (Å²) in [5.41, 5.74) is 1.23. The molecule has 0 radical (unpaired) electrons. The maximum absolute atomic E-state index is 13.8. The number of allylic oxidation sites excluding steroid dienone is 1. The summed E-state index contributed by atoms with van der Waals surface area (Å²) in [6, 6.07) is 4.59. The Morgan fingerprint density at radius 2 is 1.80 bits per heavy atom. The van der Waals surface area contributed by atoms with Crippen LogP contribution in [-0.2, 0) is 42.1 Å². The molecule has 2 amide bonds. The number of anilines is 1. The molecule has 242 valence electrons. The van der Waals surface area contributed by atoms with Crippen LogP contribution >= 0.6 is 23.4 Å². The number of hydrogen-bond donors (Lipinski definition) is 0. The number of carbonyl (C=O) groups excluding carboxylic acids is 3. The molecule has 1 fully saturated rings. The number of thioether (sulfide) groups is 1. The molecule has 0 saturated carbocycles. The number of sulfonamides is 1. The van der Waals surface area contributed by atoms with Crippen LogP contribution in [-0.4, -0.2) is 77.7 Å². The van der Waals surface area contributed by atoms with E-state index in [1.165, 1.54) is 17.8 Å². The smallest absolute Gasteiger partial charge is 0.410 e. The Labute approximate surface area is 269 Å². The number of fused-ring (bicyclic) bond motifs is 1. The van der Waals surface area contributed by atoms with E-state index in [0.29, 0.717) is 29.6 Å². The zero-order chi connectivity index (χ0) is 32.4. The molecule has 1 aromatic carbocycles. The first kappa shape index (κ1) is 34.3. The minimum Gasteiger partial charge on any atom is -0.459 e. The van der Waals surface area contributed by atoms with Crippen molar-refractivity contribution in [2.45, 2.75) is 96.3 Å². The van der Waals surface area contributed by atoms with Crippen LogP contribution in [0.25, 0.3) is 0 Å². The van der Waals surface area contributed by atoms with E-state index in [1.54, 1.807) is 30.6 Å². The molecule has 0 bridgehead atoms. The first-order valence-corrected chi connectivity index (χ1v) is 17.5. The second-order valence-corrected chi connectivity index (χ2v) is 16.8. The monoisotopic (exact) mass is 667 g/mol. The van der Waals surface area contributed by atoms with Gasteiger partial charge in [0.05, 0.1) is 4.36 Å². The topological polar surface area (TPSA) is 114 Å². The van der Waals surface area contributed by atoms with Crippen molar-refractivity contribution in [1.82, 2.24) is 9.21 Å². The van der Waals surface area contributed by atoms with E-state index in [4.69, 9.17) is 21.1 Å². The van der Waals surface area contributed by atoms with Gasteiger partial charge in [0.25, 0.3) is 0 Å². The molecule has 1 unspecified atom stereocenters. The highest BCUT2D eigenvalue weighted by Gasteiger charge is 2.43. The molecule has 1 saturated heterocycles. The predicted molar refractivity (Wildman–Crippen MR) is 173 cm³/mol. The van der Waals surface area contributed by atoms with Gasteiger partial charge >= 0.3 is 12.1 Å². The highest BCUT2D eigenvalue weighted by Crippen LogP contribution is 2.36. The molecule has 3 aliphatic heterocycles. The molecular formula is C31H42ClN3O7S2. The van der Waals surface area contributed by atoms with E-state index in [2.05, 4.69) is 0 Å². The van der Waals surface area contributed by atoms with Crippen LogP contribution in [0.4, 0.5) is 10.5 Å². The van der Waals surface area contributed by atoms with Crippen molar-refractivity contribution in [2.75, 3.05) is 24.5 Å². The fraction of sp³-hybridized carbons (Fsp3) is 0.581. The molecule has 1 aromatic rings. The summed E-state index contributed by atoms with van der Waals surface area (Å²) in [7, 11) is -4.17. The number of nitrogens with zero attached hydrogens (tertiary/aromatic N) is 3. The fourth-order valence-corrected chi connectivity index (χ4v) is 8.04. The van der Waals surface area contributed by atoms with E-state index in [-0.39, 0.29) is 24.3 Å². The van der Waals surface area contributed by atoms with Crippen molar-refractivity contribution in [1.29, 1.82) is 0 Å². The van der Waals surface area contributed by atoms with Crippen LogP contribution in [0.15, 0.2) is 40.1 Å². The van der Waals surface area contributed by atoms with E-state index in [1.807, 2.05) is 45.0 Å². The molecule has 4 rings (SSSR count). The Morgan fingerprint density at radius 3 is 2.43 bits per heavy atom. The standard InChI is InChI=1S/C31H42ClN3O7S2/c1-30(2,3)41-27(36)20-35(44(39,40)17-14-24-11-12-26(32)43-24)25-13-16-34(28(25)37)23-10-9-22-19-33(15-7-8-21(22)18-23)29(38)42-31(4,5)6/h9-10,12,14,17-18,24-25H,7-8,11,13,15-16,19-20H2,1-6H3/b17-14+/t24?,25-/m0/s1. The minimum atomic E-state index is -4.17. The summed E-state index contributed by atoms with van der Waals surface area (Å²) < 4.78 is 39.8. The molecule has 2 atom stereocenters. The third-order valence-corrected chi connectivity index (χ3v) is 10.2. The molecule has 44 heavy (non-hydrogen) atoms. The summed E-state index contributed by atoms with van der Waals surface area (Å²) >= 11 is 7.39. The van der Waals surface area contributed by atoms with Crippen LogP contribution in [0, 0.1) is 0 Å². The summed E-state index contributed by atoms with van der Waals surface area (Å²) in [5, 5.41) is 0.912. The van der Waals surface area contributed by atoms with E-state index in [9.17, 15) is 22.8 Å². The Morgan fingerprint density at radius 1 is 1.09 bits per heavy atom. The molecule has 0 aromatic heterocycles. The Bertz CT molecular complexity index is 1450. The zero-order valence-corrected chi connectivity index (χ0v) is 28.6. The number of hydrogen-bond acceptors (Lipinski definition) is 8. The summed E-state index contributed by atoms with van der Waals surface area (Å²) in [6.45, 7) is 11.3. The normalized spacial score (nSPS) is 21.5. The van der Waals surface area contributed by atoms with Crippen molar-refractivity contribution >= 4 is 57.0 Å². The molecular weight excluding hydrogens is 626 g/mol. The highest BCUT2D eigenvalue weighted by molar-refractivity contribution is 8.05. The maximum Gasteiger partial charge on any atom is 0.410 e. The third-order valence-electron chi connectivity index (χ3n) is 7.19. The van der Waals surface area contributed by atoms with Gasteiger partial charge in [-0.2, -0.15) is 4.31 Å². The number of rotatable bonds is 7. The Balaban J connectivity index is 1.54. The van der Waals surface area contributed by atoms with Gasteiger partial charge in [-0.3, -0.25) is 9.59 Å². The summed E-state index contributed by atoms with van der Waals surface area (Å²) in [5.74, 6) is -1.14. The lowest BCUT2D eigenvalue weighted by molar-refractivity contribution is -0.155. The number of carbonyl (C=O) groups is 3. The highest BCUT2D eigenvalue weighted by atomic mass is 35.5. The third kappa shape index (κ3) is 9.02. The molecule has 0 spiro atoms. The number of aryl methyl sites for hydroxylation is 1. The van der Waals surface area contributed by atoms with Gasteiger partial charge in [-0.15, -0.1) is 11.8 Å². The quantitative estimate of drug-likeness (QED) is 0.348. The molecule has 13 heteroatoms. The molecule has 3 heterocycles. The number of amides is 2. The summed E-state index contributed by atoms with van der Waals surface area (Å²) in [4.78, 5) is 42.6. The van der Waals surface area contributed by atoms with E-state index < -0.39 is 45.7 Å². The second-order valence-electron chi connectivity index (χ2n) is 13.2. The van der Waals surface area contributed by atoms with E-state index in [0.717, 1.165) is 33.7 Å². The second kappa shape index (κ2) is 13.4. The Kier molecular flexibility index (Phi) is 10.5. The first-order valence-electron chi connectivity index (χ1n) is 14.8. The van der Waals surface area contributed by atoms with Gasteiger partial charge in [-0.1, -0.05) is 29.8 Å². The number of halogens is 1. The number of esters is 1. The maximum atomic E-state index is 13.8. The van der Waals surface area contributed by atoms with Gasteiger partial charge in [0.15, 0.2) is 0 Å². The van der Waals surface area contributed by atoms with Gasteiger partial charge in [-0.05, 0) is 90.5 Å². The Hall–Kier alpha value is -2.54. The molecule has 0 N–H and O–H groups in total. The number of ether oxygens (including phenoxy) is 2. The lowest BCUT2D eigenvalue weighted by Gasteiger charge is -2.27. The van der Waals surface area contributed by atoms with E-state index >= 15 is 0 Å². The van der Waals surface area contributed by atoms with Crippen molar-refractivity contribution in [3.8, 4) is 0 Å². The predicted octanol–water partition coefficient (Wildman–Crippen LogP) is 5.55. The van der Waals surface area contributed by atoms with Gasteiger partial charge in [0.2, 0.25) is 15.9 Å². The van der Waals surface area contributed by atoms with Crippen molar-refractivity contribution < 1.29 is 32.3 Å².